The zero-order valence-corrected chi connectivity index (χ0v) is 17.1. The Labute approximate surface area is 166 Å². The van der Waals surface area contributed by atoms with Crippen LogP contribution in [0.3, 0.4) is 0 Å². The quantitative estimate of drug-likeness (QED) is 0.842. The average molecular weight is 380 g/mol. The largest absolute Gasteiger partial charge is 0.497 e. The lowest BCUT2D eigenvalue weighted by Gasteiger charge is -2.28. The number of nitrogens with one attached hydrogen (secondary N) is 1. The van der Waals surface area contributed by atoms with E-state index in [9.17, 15) is 9.59 Å². The minimum atomic E-state index is -0.0685. The third-order valence-corrected chi connectivity index (χ3v) is 5.88. The summed E-state index contributed by atoms with van der Waals surface area (Å²) in [5, 5.41) is 0. The molecule has 1 N–H and O–H groups in total. The van der Waals surface area contributed by atoms with E-state index in [1.807, 2.05) is 36.1 Å². The Balaban J connectivity index is 1.62. The van der Waals surface area contributed by atoms with Crippen LogP contribution in [0, 0.1) is 12.3 Å². The van der Waals surface area contributed by atoms with Gasteiger partial charge in [0.05, 0.1) is 7.11 Å². The van der Waals surface area contributed by atoms with Gasteiger partial charge in [-0.3, -0.25) is 9.59 Å². The summed E-state index contributed by atoms with van der Waals surface area (Å²) >= 11 is 0. The second-order valence-electron chi connectivity index (χ2n) is 8.93. The predicted octanol–water partition coefficient (Wildman–Crippen LogP) is 4.29. The number of carbonyl (C=O) groups excluding carboxylic acids is 2. The van der Waals surface area contributed by atoms with Gasteiger partial charge in [0.25, 0.3) is 5.91 Å². The van der Waals surface area contributed by atoms with E-state index in [1.165, 1.54) is 0 Å². The molecular weight excluding hydrogens is 352 g/mol. The van der Waals surface area contributed by atoms with Crippen molar-refractivity contribution in [1.29, 1.82) is 0 Å². The molecule has 4 rings (SSSR count). The van der Waals surface area contributed by atoms with Crippen molar-refractivity contribution < 1.29 is 14.3 Å². The summed E-state index contributed by atoms with van der Waals surface area (Å²) in [6.45, 7) is 6.67. The number of Topliss-reactive ketones (excluding diaryl/α,β-unsaturated/α-hetero) is 1. The van der Waals surface area contributed by atoms with Gasteiger partial charge in [-0.25, -0.2) is 0 Å². The molecule has 5 heteroatoms. The van der Waals surface area contributed by atoms with Crippen LogP contribution in [0.2, 0.25) is 0 Å². The van der Waals surface area contributed by atoms with Crippen LogP contribution in [-0.4, -0.2) is 34.7 Å². The maximum atomic E-state index is 13.4. The number of rotatable bonds is 5. The maximum Gasteiger partial charge on any atom is 0.271 e. The summed E-state index contributed by atoms with van der Waals surface area (Å²) in [6.07, 6.45) is 3.40. The zero-order chi connectivity index (χ0) is 20.1. The van der Waals surface area contributed by atoms with Gasteiger partial charge < -0.3 is 14.6 Å². The molecule has 2 aliphatic rings. The first-order valence-corrected chi connectivity index (χ1v) is 9.97. The number of methoxy groups -OCH3 is 1. The Bertz CT molecular complexity index is 920. The fraction of sp³-hybridized carbons (Fsp3) is 0.478. The number of aromatic amines is 1. The Morgan fingerprint density at radius 3 is 2.50 bits per heavy atom. The van der Waals surface area contributed by atoms with E-state index >= 15 is 0 Å². The molecule has 0 radical (unpaired) electrons. The summed E-state index contributed by atoms with van der Waals surface area (Å²) in [7, 11) is 1.65. The molecule has 1 saturated carbocycles. The van der Waals surface area contributed by atoms with Crippen LogP contribution in [0.25, 0.3) is 0 Å². The molecule has 1 heterocycles. The van der Waals surface area contributed by atoms with E-state index < -0.39 is 0 Å². The van der Waals surface area contributed by atoms with E-state index in [1.54, 1.807) is 7.11 Å². The Morgan fingerprint density at radius 1 is 1.21 bits per heavy atom. The van der Waals surface area contributed by atoms with Gasteiger partial charge >= 0.3 is 0 Å². The van der Waals surface area contributed by atoms with Gasteiger partial charge in [-0.15, -0.1) is 0 Å². The van der Waals surface area contributed by atoms with Crippen molar-refractivity contribution in [2.24, 2.45) is 5.41 Å². The van der Waals surface area contributed by atoms with Crippen molar-refractivity contribution in [3.05, 3.63) is 52.3 Å². The second-order valence-corrected chi connectivity index (χ2v) is 8.93. The number of hydrogen-bond acceptors (Lipinski definition) is 3. The second kappa shape index (κ2) is 6.80. The van der Waals surface area contributed by atoms with Gasteiger partial charge in [0, 0.05) is 30.3 Å². The molecule has 1 aromatic heterocycles. The molecule has 148 valence electrons. The molecule has 0 unspecified atom stereocenters. The van der Waals surface area contributed by atoms with Crippen molar-refractivity contribution in [2.45, 2.75) is 59.0 Å². The smallest absolute Gasteiger partial charge is 0.271 e. The number of benzene rings is 1. The van der Waals surface area contributed by atoms with Gasteiger partial charge in [-0.2, -0.15) is 0 Å². The van der Waals surface area contributed by atoms with Gasteiger partial charge in [0.2, 0.25) is 0 Å². The highest BCUT2D eigenvalue weighted by Crippen LogP contribution is 2.38. The zero-order valence-electron chi connectivity index (χ0n) is 17.1. The molecule has 0 spiro atoms. The average Bonchev–Trinajstić information content (AvgIpc) is 3.42. The molecule has 0 atom stereocenters. The van der Waals surface area contributed by atoms with Crippen molar-refractivity contribution in [2.75, 3.05) is 7.11 Å². The number of aromatic nitrogens is 1. The summed E-state index contributed by atoms with van der Waals surface area (Å²) in [5.74, 6) is 0.949. The highest BCUT2D eigenvalue weighted by atomic mass is 16.5. The monoisotopic (exact) mass is 380 g/mol. The number of ketones is 1. The van der Waals surface area contributed by atoms with E-state index in [-0.39, 0.29) is 23.1 Å². The van der Waals surface area contributed by atoms with Crippen LogP contribution in [0.4, 0.5) is 0 Å². The Morgan fingerprint density at radius 2 is 1.89 bits per heavy atom. The molecule has 2 aromatic rings. The molecule has 1 amide bonds. The molecule has 28 heavy (non-hydrogen) atoms. The summed E-state index contributed by atoms with van der Waals surface area (Å²) in [4.78, 5) is 31.4. The minimum Gasteiger partial charge on any atom is -0.497 e. The Kier molecular flexibility index (Phi) is 4.56. The molecule has 0 saturated heterocycles. The molecule has 2 aliphatic carbocycles. The van der Waals surface area contributed by atoms with Gasteiger partial charge in [0.1, 0.15) is 11.4 Å². The number of carbonyl (C=O) groups is 2. The highest BCUT2D eigenvalue weighted by molar-refractivity contribution is 6.04. The number of H-pyrrole nitrogens is 1. The van der Waals surface area contributed by atoms with Crippen LogP contribution < -0.4 is 4.74 Å². The van der Waals surface area contributed by atoms with Crippen molar-refractivity contribution in [3.8, 4) is 5.75 Å². The fourth-order valence-corrected chi connectivity index (χ4v) is 4.27. The molecule has 0 bridgehead atoms. The van der Waals surface area contributed by atoms with E-state index in [0.717, 1.165) is 47.4 Å². The van der Waals surface area contributed by atoms with Crippen molar-refractivity contribution >= 4 is 11.7 Å². The van der Waals surface area contributed by atoms with E-state index in [2.05, 4.69) is 18.8 Å². The first kappa shape index (κ1) is 18.8. The molecule has 1 fully saturated rings. The highest BCUT2D eigenvalue weighted by Gasteiger charge is 2.38. The molecule has 5 nitrogen and oxygen atoms in total. The normalized spacial score (nSPS) is 17.9. The molecule has 0 aliphatic heterocycles. The summed E-state index contributed by atoms with van der Waals surface area (Å²) < 4.78 is 5.22. The van der Waals surface area contributed by atoms with Crippen LogP contribution in [0.15, 0.2) is 24.3 Å². The summed E-state index contributed by atoms with van der Waals surface area (Å²) in [5.41, 5.74) is 4.05. The van der Waals surface area contributed by atoms with Crippen LogP contribution in [0.1, 0.15) is 70.8 Å². The van der Waals surface area contributed by atoms with Gasteiger partial charge in [-0.1, -0.05) is 26.0 Å². The van der Waals surface area contributed by atoms with E-state index in [4.69, 9.17) is 4.74 Å². The lowest BCUT2D eigenvalue weighted by Crippen LogP contribution is -2.33. The third-order valence-electron chi connectivity index (χ3n) is 5.88. The van der Waals surface area contributed by atoms with Gasteiger partial charge in [0.15, 0.2) is 5.78 Å². The standard InChI is InChI=1S/C23H28N2O3/c1-14-20-18(11-23(2,3)12-19(20)26)24-21(14)22(27)25(16-7-8-16)13-15-5-9-17(28-4)10-6-15/h5-6,9-10,16,24H,7-8,11-13H2,1-4H3. The fourth-order valence-electron chi connectivity index (χ4n) is 4.27. The topological polar surface area (TPSA) is 62.4 Å². The number of fused-ring (bicyclic) bond motifs is 1. The van der Waals surface area contributed by atoms with Gasteiger partial charge in [-0.05, 0) is 54.9 Å². The third kappa shape index (κ3) is 3.46. The van der Waals surface area contributed by atoms with E-state index in [0.29, 0.717) is 18.7 Å². The van der Waals surface area contributed by atoms with Crippen LogP contribution in [0.5, 0.6) is 5.75 Å². The lowest BCUT2D eigenvalue weighted by molar-refractivity contribution is 0.0723. The number of nitrogens with zero attached hydrogens (tertiary/aromatic N) is 1. The summed E-state index contributed by atoms with van der Waals surface area (Å²) in [6, 6.07) is 8.12. The first-order valence-electron chi connectivity index (χ1n) is 9.97. The van der Waals surface area contributed by atoms with Crippen LogP contribution in [-0.2, 0) is 13.0 Å². The van der Waals surface area contributed by atoms with Crippen LogP contribution >= 0.6 is 0 Å². The first-order chi connectivity index (χ1) is 13.3. The number of hydrogen-bond donors (Lipinski definition) is 1. The molecule has 1 aromatic carbocycles. The minimum absolute atomic E-state index is 0.00387. The maximum absolute atomic E-state index is 13.4. The van der Waals surface area contributed by atoms with Crippen molar-refractivity contribution in [1.82, 2.24) is 9.88 Å². The number of ether oxygens (including phenoxy) is 1. The van der Waals surface area contributed by atoms with Crippen molar-refractivity contribution in [3.63, 3.8) is 0 Å². The number of amides is 1. The Hall–Kier alpha value is -2.56. The predicted molar refractivity (Wildman–Crippen MR) is 108 cm³/mol. The SMILES string of the molecule is COc1ccc(CN(C(=O)c2[nH]c3c(c2C)C(=O)CC(C)(C)C3)C2CC2)cc1. The lowest BCUT2D eigenvalue weighted by atomic mass is 9.75. The molecular formula is C23H28N2O3.